The fourth-order valence-corrected chi connectivity index (χ4v) is 4.09. The van der Waals surface area contributed by atoms with Gasteiger partial charge in [-0.15, -0.1) is 0 Å². The summed E-state index contributed by atoms with van der Waals surface area (Å²) < 4.78 is 0. The molecule has 0 saturated carbocycles. The van der Waals surface area contributed by atoms with Crippen molar-refractivity contribution in [3.63, 3.8) is 0 Å². The number of carbonyl (C=O) groups is 1. The highest BCUT2D eigenvalue weighted by Crippen LogP contribution is 2.36. The number of rotatable bonds is 3. The molecule has 0 bridgehead atoms. The van der Waals surface area contributed by atoms with Crippen LogP contribution in [0.3, 0.4) is 0 Å². The summed E-state index contributed by atoms with van der Waals surface area (Å²) >= 11 is 0. The van der Waals surface area contributed by atoms with Gasteiger partial charge in [-0.2, -0.15) is 0 Å². The molecule has 3 aliphatic rings. The summed E-state index contributed by atoms with van der Waals surface area (Å²) in [6.45, 7) is 10.1. The second kappa shape index (κ2) is 6.10. The Morgan fingerprint density at radius 1 is 1.09 bits per heavy atom. The Labute approximate surface area is 134 Å². The maximum atomic E-state index is 12.5. The highest BCUT2D eigenvalue weighted by atomic mass is 16.3. The lowest BCUT2D eigenvalue weighted by Gasteiger charge is -2.48. The highest BCUT2D eigenvalue weighted by Gasteiger charge is 2.42. The first-order valence-corrected chi connectivity index (χ1v) is 8.86. The van der Waals surface area contributed by atoms with Crippen LogP contribution >= 0.6 is 0 Å². The van der Waals surface area contributed by atoms with E-state index in [2.05, 4.69) is 24.1 Å². The number of amides is 1. The summed E-state index contributed by atoms with van der Waals surface area (Å²) in [4.78, 5) is 16.9. The predicted molar refractivity (Wildman–Crippen MR) is 86.6 cm³/mol. The van der Waals surface area contributed by atoms with Crippen LogP contribution in [0.1, 0.15) is 46.0 Å². The minimum atomic E-state index is -0.782. The second-order valence-corrected chi connectivity index (χ2v) is 8.02. The van der Waals surface area contributed by atoms with E-state index in [0.717, 1.165) is 65.0 Å². The highest BCUT2D eigenvalue weighted by molar-refractivity contribution is 5.77. The van der Waals surface area contributed by atoms with Crippen molar-refractivity contribution in [1.82, 2.24) is 15.1 Å². The lowest BCUT2D eigenvalue weighted by Crippen LogP contribution is -2.59. The van der Waals surface area contributed by atoms with Crippen LogP contribution < -0.4 is 5.32 Å². The van der Waals surface area contributed by atoms with Crippen LogP contribution in [0, 0.1) is 5.41 Å². The molecule has 0 aliphatic carbocycles. The Hall–Kier alpha value is -0.650. The number of nitrogens with one attached hydrogen (secondary N) is 1. The number of hydrogen-bond acceptors (Lipinski definition) is 4. The molecule has 3 saturated heterocycles. The Bertz CT molecular complexity index is 402. The molecule has 0 radical (unpaired) electrons. The van der Waals surface area contributed by atoms with Gasteiger partial charge in [0.1, 0.15) is 0 Å². The normalized spacial score (nSPS) is 27.9. The van der Waals surface area contributed by atoms with Crippen LogP contribution in [0.2, 0.25) is 0 Å². The van der Waals surface area contributed by atoms with Crippen LogP contribution in [-0.4, -0.2) is 71.7 Å². The Morgan fingerprint density at radius 2 is 1.68 bits per heavy atom. The van der Waals surface area contributed by atoms with Gasteiger partial charge in [0.25, 0.3) is 0 Å². The summed E-state index contributed by atoms with van der Waals surface area (Å²) in [5.74, 6) is 0.155. The first-order valence-electron chi connectivity index (χ1n) is 8.86. The van der Waals surface area contributed by atoms with E-state index in [-0.39, 0.29) is 5.91 Å². The van der Waals surface area contributed by atoms with Crippen LogP contribution in [-0.2, 0) is 4.79 Å². The SMILES string of the molecule is CC(C)N1CCC(O)(CC(=O)N2CCC3(CC2)CNC3)CC1. The van der Waals surface area contributed by atoms with Crippen molar-refractivity contribution < 1.29 is 9.90 Å². The summed E-state index contributed by atoms with van der Waals surface area (Å²) in [5, 5.41) is 14.1. The van der Waals surface area contributed by atoms with Gasteiger partial charge in [-0.25, -0.2) is 0 Å². The van der Waals surface area contributed by atoms with Gasteiger partial charge in [0.15, 0.2) is 0 Å². The second-order valence-electron chi connectivity index (χ2n) is 8.02. The van der Waals surface area contributed by atoms with Crippen LogP contribution in [0.4, 0.5) is 0 Å². The molecule has 5 heteroatoms. The molecule has 3 fully saturated rings. The van der Waals surface area contributed by atoms with Crippen molar-refractivity contribution in [2.45, 2.75) is 57.6 Å². The fraction of sp³-hybridized carbons (Fsp3) is 0.941. The largest absolute Gasteiger partial charge is 0.389 e. The standard InChI is InChI=1S/C17H31N3O2/c1-14(2)19-9-5-17(22,6-10-19)11-15(21)20-7-3-16(4-8-20)12-18-13-16/h14,18,22H,3-13H2,1-2H3. The fourth-order valence-electron chi connectivity index (χ4n) is 4.09. The van der Waals surface area contributed by atoms with Gasteiger partial charge in [-0.3, -0.25) is 4.79 Å². The summed E-state index contributed by atoms with van der Waals surface area (Å²) in [6.07, 6.45) is 3.98. The number of hydrogen-bond donors (Lipinski definition) is 2. The number of likely N-dealkylation sites (tertiary alicyclic amines) is 2. The lowest BCUT2D eigenvalue weighted by molar-refractivity contribution is -0.141. The number of piperidine rings is 2. The van der Waals surface area contributed by atoms with E-state index >= 15 is 0 Å². The van der Waals surface area contributed by atoms with E-state index in [1.807, 2.05) is 4.90 Å². The molecular weight excluding hydrogens is 278 g/mol. The average Bonchev–Trinajstić information content (AvgIpc) is 2.46. The van der Waals surface area contributed by atoms with Crippen molar-refractivity contribution in [1.29, 1.82) is 0 Å². The van der Waals surface area contributed by atoms with Gasteiger partial charge in [-0.1, -0.05) is 0 Å². The average molecular weight is 309 g/mol. The molecule has 3 rings (SSSR count). The van der Waals surface area contributed by atoms with Crippen LogP contribution in [0.15, 0.2) is 0 Å². The van der Waals surface area contributed by atoms with Crippen molar-refractivity contribution in [2.75, 3.05) is 39.3 Å². The molecule has 0 aromatic rings. The minimum Gasteiger partial charge on any atom is -0.389 e. The van der Waals surface area contributed by atoms with E-state index in [4.69, 9.17) is 0 Å². The zero-order chi connectivity index (χ0) is 15.8. The third-order valence-corrected chi connectivity index (χ3v) is 6.12. The summed E-state index contributed by atoms with van der Waals surface area (Å²) in [5.41, 5.74) is -0.314. The third kappa shape index (κ3) is 3.31. The molecule has 0 unspecified atom stereocenters. The smallest absolute Gasteiger partial charge is 0.225 e. The Balaban J connectivity index is 1.47. The molecular formula is C17H31N3O2. The molecule has 3 heterocycles. The molecule has 5 nitrogen and oxygen atoms in total. The van der Waals surface area contributed by atoms with E-state index in [1.165, 1.54) is 0 Å². The molecule has 0 aromatic heterocycles. The van der Waals surface area contributed by atoms with Crippen molar-refractivity contribution in [3.8, 4) is 0 Å². The number of carbonyl (C=O) groups excluding carboxylic acids is 1. The van der Waals surface area contributed by atoms with Crippen molar-refractivity contribution in [3.05, 3.63) is 0 Å². The molecule has 2 N–H and O–H groups in total. The molecule has 1 amide bonds. The van der Waals surface area contributed by atoms with Crippen molar-refractivity contribution >= 4 is 5.91 Å². The first kappa shape index (κ1) is 16.2. The van der Waals surface area contributed by atoms with Crippen LogP contribution in [0.5, 0.6) is 0 Å². The first-order chi connectivity index (χ1) is 10.4. The van der Waals surface area contributed by atoms with Gasteiger partial charge >= 0.3 is 0 Å². The monoisotopic (exact) mass is 309 g/mol. The maximum absolute atomic E-state index is 12.5. The zero-order valence-corrected chi connectivity index (χ0v) is 14.1. The van der Waals surface area contributed by atoms with E-state index in [0.29, 0.717) is 17.9 Å². The Kier molecular flexibility index (Phi) is 4.49. The lowest BCUT2D eigenvalue weighted by atomic mass is 9.73. The van der Waals surface area contributed by atoms with Gasteiger partial charge in [-0.05, 0) is 44.9 Å². The van der Waals surface area contributed by atoms with Gasteiger partial charge in [0.2, 0.25) is 5.91 Å². The van der Waals surface area contributed by atoms with E-state index in [1.54, 1.807) is 0 Å². The summed E-state index contributed by atoms with van der Waals surface area (Å²) in [7, 11) is 0. The summed E-state index contributed by atoms with van der Waals surface area (Å²) in [6, 6.07) is 0.523. The molecule has 1 spiro atoms. The molecule has 126 valence electrons. The molecule has 3 aliphatic heterocycles. The van der Waals surface area contributed by atoms with Gasteiger partial charge < -0.3 is 20.2 Å². The third-order valence-electron chi connectivity index (χ3n) is 6.12. The van der Waals surface area contributed by atoms with Crippen molar-refractivity contribution in [2.24, 2.45) is 5.41 Å². The topological polar surface area (TPSA) is 55.8 Å². The number of nitrogens with zero attached hydrogens (tertiary/aromatic N) is 2. The van der Waals surface area contributed by atoms with Crippen LogP contribution in [0.25, 0.3) is 0 Å². The predicted octanol–water partition coefficient (Wildman–Crippen LogP) is 0.824. The maximum Gasteiger partial charge on any atom is 0.225 e. The zero-order valence-electron chi connectivity index (χ0n) is 14.1. The van der Waals surface area contributed by atoms with Gasteiger partial charge in [0.05, 0.1) is 12.0 Å². The molecule has 0 atom stereocenters. The van der Waals surface area contributed by atoms with E-state index < -0.39 is 5.60 Å². The Morgan fingerprint density at radius 3 is 2.14 bits per heavy atom. The number of aliphatic hydroxyl groups is 1. The molecule has 22 heavy (non-hydrogen) atoms. The quantitative estimate of drug-likeness (QED) is 0.810. The van der Waals surface area contributed by atoms with E-state index in [9.17, 15) is 9.90 Å². The van der Waals surface area contributed by atoms with Gasteiger partial charge in [0, 0.05) is 45.3 Å². The molecule has 0 aromatic carbocycles. The minimum absolute atomic E-state index is 0.155.